The number of methoxy groups -OCH3 is 1. The topological polar surface area (TPSA) is 64.6 Å². The molecule has 0 aromatic carbocycles. The van der Waals surface area contributed by atoms with E-state index in [4.69, 9.17) is 17.0 Å². The maximum absolute atomic E-state index is 11.0. The molecule has 0 aliphatic rings. The van der Waals surface area contributed by atoms with Crippen LogP contribution in [0.3, 0.4) is 0 Å². The molecule has 0 bridgehead atoms. The van der Waals surface area contributed by atoms with Crippen LogP contribution in [0.2, 0.25) is 0 Å². The molecule has 0 aliphatic heterocycles. The number of hydrogen-bond donors (Lipinski definition) is 1. The average Bonchev–Trinajstić information content (AvgIpc) is 2.13. The van der Waals surface area contributed by atoms with Gasteiger partial charge in [-0.2, -0.15) is 0 Å². The lowest BCUT2D eigenvalue weighted by Crippen LogP contribution is -2.34. The van der Waals surface area contributed by atoms with Crippen molar-refractivity contribution in [3.05, 3.63) is 0 Å². The van der Waals surface area contributed by atoms with Gasteiger partial charge in [-0.05, 0) is 6.92 Å². The molecule has 15 heavy (non-hydrogen) atoms. The number of rotatable bonds is 5. The number of ether oxygens (including phenoxy) is 2. The first-order valence-electron chi connectivity index (χ1n) is 4.44. The first-order valence-corrected chi connectivity index (χ1v) is 4.85. The Morgan fingerprint density at radius 2 is 2.00 bits per heavy atom. The standard InChI is InChI=1S/C9H15NO4S/c1-6(15)10-5-8(14-7(2)11)4-9(12)13-3/h8H,4-5H2,1-3H3,(H,10,15). The second-order valence-corrected chi connectivity index (χ2v) is 3.56. The van der Waals surface area contributed by atoms with Gasteiger partial charge in [0, 0.05) is 6.92 Å². The summed E-state index contributed by atoms with van der Waals surface area (Å²) in [6, 6.07) is 0. The Bertz CT molecular complexity index is 254. The molecule has 0 fully saturated rings. The molecule has 6 heteroatoms. The Hall–Kier alpha value is -1.17. The van der Waals surface area contributed by atoms with Crippen LogP contribution in [0.4, 0.5) is 0 Å². The third-order valence-electron chi connectivity index (χ3n) is 1.53. The summed E-state index contributed by atoms with van der Waals surface area (Å²) < 4.78 is 9.39. The molecular formula is C9H15NO4S. The second-order valence-electron chi connectivity index (χ2n) is 2.95. The molecule has 0 aromatic rings. The van der Waals surface area contributed by atoms with Gasteiger partial charge in [-0.3, -0.25) is 9.59 Å². The van der Waals surface area contributed by atoms with E-state index < -0.39 is 18.0 Å². The molecule has 0 rings (SSSR count). The van der Waals surface area contributed by atoms with Crippen LogP contribution in [0.1, 0.15) is 20.3 Å². The van der Waals surface area contributed by atoms with E-state index in [9.17, 15) is 9.59 Å². The largest absolute Gasteiger partial charge is 0.469 e. The number of esters is 2. The predicted molar refractivity (Wildman–Crippen MR) is 58.5 cm³/mol. The molecule has 0 aromatic heterocycles. The second kappa shape index (κ2) is 7.17. The zero-order chi connectivity index (χ0) is 11.8. The Morgan fingerprint density at radius 1 is 1.40 bits per heavy atom. The summed E-state index contributed by atoms with van der Waals surface area (Å²) in [6.07, 6.45) is -0.529. The predicted octanol–water partition coefficient (Wildman–Crippen LogP) is 0.418. The Kier molecular flexibility index (Phi) is 6.61. The van der Waals surface area contributed by atoms with E-state index in [1.807, 2.05) is 0 Å². The number of nitrogens with one attached hydrogen (secondary N) is 1. The molecule has 0 spiro atoms. The van der Waals surface area contributed by atoms with Crippen LogP contribution in [0, 0.1) is 0 Å². The van der Waals surface area contributed by atoms with E-state index in [1.165, 1.54) is 14.0 Å². The number of carbonyl (C=O) groups is 2. The first kappa shape index (κ1) is 13.8. The fourth-order valence-electron chi connectivity index (χ4n) is 0.917. The lowest BCUT2D eigenvalue weighted by Gasteiger charge is -2.16. The van der Waals surface area contributed by atoms with Gasteiger partial charge in [0.15, 0.2) is 0 Å². The van der Waals surface area contributed by atoms with Crippen LogP contribution in [0.25, 0.3) is 0 Å². The van der Waals surface area contributed by atoms with Crippen LogP contribution in [0.15, 0.2) is 0 Å². The van der Waals surface area contributed by atoms with Crippen LogP contribution in [-0.4, -0.2) is 36.7 Å². The maximum atomic E-state index is 11.0. The molecular weight excluding hydrogens is 218 g/mol. The Labute approximate surface area is 94.1 Å². The molecule has 0 saturated heterocycles. The minimum absolute atomic E-state index is 0.0195. The van der Waals surface area contributed by atoms with Gasteiger partial charge in [0.25, 0.3) is 0 Å². The highest BCUT2D eigenvalue weighted by atomic mass is 32.1. The van der Waals surface area contributed by atoms with E-state index in [-0.39, 0.29) is 6.42 Å². The number of carbonyl (C=O) groups excluding carboxylic acids is 2. The molecule has 5 nitrogen and oxygen atoms in total. The summed E-state index contributed by atoms with van der Waals surface area (Å²) in [5, 5.41) is 2.83. The Balaban J connectivity index is 4.11. The maximum Gasteiger partial charge on any atom is 0.309 e. The van der Waals surface area contributed by atoms with Crippen molar-refractivity contribution in [2.45, 2.75) is 26.4 Å². The van der Waals surface area contributed by atoms with Crippen LogP contribution < -0.4 is 5.32 Å². The summed E-state index contributed by atoms with van der Waals surface area (Å²) in [5.41, 5.74) is 0. The van der Waals surface area contributed by atoms with Gasteiger partial charge in [-0.15, -0.1) is 0 Å². The summed E-state index contributed by atoms with van der Waals surface area (Å²) in [5.74, 6) is -0.863. The van der Waals surface area contributed by atoms with Gasteiger partial charge < -0.3 is 14.8 Å². The Morgan fingerprint density at radius 3 is 2.40 bits per heavy atom. The highest BCUT2D eigenvalue weighted by Crippen LogP contribution is 2.00. The SMILES string of the molecule is COC(=O)CC(CNC(C)=S)OC(C)=O. The molecule has 0 saturated carbocycles. The fraction of sp³-hybridized carbons (Fsp3) is 0.667. The third-order valence-corrected chi connectivity index (χ3v) is 1.68. The van der Waals surface area contributed by atoms with Crippen molar-refractivity contribution in [1.82, 2.24) is 5.32 Å². The summed E-state index contributed by atoms with van der Waals surface area (Å²) in [4.78, 5) is 22.3. The molecule has 86 valence electrons. The smallest absolute Gasteiger partial charge is 0.309 e. The first-order chi connectivity index (χ1) is 6.95. The summed E-state index contributed by atoms with van der Waals surface area (Å²) in [6.45, 7) is 3.30. The third kappa shape index (κ3) is 7.87. The summed E-state index contributed by atoms with van der Waals surface area (Å²) >= 11 is 4.80. The van der Waals surface area contributed by atoms with E-state index >= 15 is 0 Å². The quantitative estimate of drug-likeness (QED) is 0.548. The molecule has 1 atom stereocenters. The highest BCUT2D eigenvalue weighted by Gasteiger charge is 2.16. The van der Waals surface area contributed by atoms with Crippen molar-refractivity contribution in [3.63, 3.8) is 0 Å². The zero-order valence-corrected chi connectivity index (χ0v) is 9.85. The zero-order valence-electron chi connectivity index (χ0n) is 9.03. The van der Waals surface area contributed by atoms with Gasteiger partial charge in [-0.1, -0.05) is 12.2 Å². The molecule has 0 amide bonds. The van der Waals surface area contributed by atoms with Crippen LogP contribution in [0.5, 0.6) is 0 Å². The van der Waals surface area contributed by atoms with Gasteiger partial charge in [-0.25, -0.2) is 0 Å². The van der Waals surface area contributed by atoms with Crippen molar-refractivity contribution in [1.29, 1.82) is 0 Å². The molecule has 0 heterocycles. The molecule has 1 N–H and O–H groups in total. The average molecular weight is 233 g/mol. The summed E-state index contributed by atoms with van der Waals surface area (Å²) in [7, 11) is 1.28. The van der Waals surface area contributed by atoms with Crippen molar-refractivity contribution < 1.29 is 19.1 Å². The van der Waals surface area contributed by atoms with E-state index in [2.05, 4.69) is 10.1 Å². The molecule has 0 aliphatic carbocycles. The minimum Gasteiger partial charge on any atom is -0.469 e. The molecule has 1 unspecified atom stereocenters. The number of thiocarbonyl (C=S) groups is 1. The van der Waals surface area contributed by atoms with E-state index in [0.717, 1.165) is 0 Å². The normalized spacial score (nSPS) is 11.4. The van der Waals surface area contributed by atoms with Crippen molar-refractivity contribution in [2.75, 3.05) is 13.7 Å². The monoisotopic (exact) mass is 233 g/mol. The van der Waals surface area contributed by atoms with Crippen LogP contribution in [-0.2, 0) is 19.1 Å². The molecule has 0 radical (unpaired) electrons. The van der Waals surface area contributed by atoms with Gasteiger partial charge in [0.2, 0.25) is 0 Å². The number of hydrogen-bond acceptors (Lipinski definition) is 5. The lowest BCUT2D eigenvalue weighted by atomic mass is 10.2. The van der Waals surface area contributed by atoms with Gasteiger partial charge in [0.1, 0.15) is 6.10 Å². The van der Waals surface area contributed by atoms with Crippen molar-refractivity contribution in [3.8, 4) is 0 Å². The fourth-order valence-corrected chi connectivity index (χ4v) is 1.00. The van der Waals surface area contributed by atoms with Gasteiger partial charge in [0.05, 0.1) is 25.1 Å². The van der Waals surface area contributed by atoms with Crippen LogP contribution >= 0.6 is 12.2 Å². The van der Waals surface area contributed by atoms with Crippen molar-refractivity contribution in [2.24, 2.45) is 0 Å². The van der Waals surface area contributed by atoms with Gasteiger partial charge >= 0.3 is 11.9 Å². The highest BCUT2D eigenvalue weighted by molar-refractivity contribution is 7.80. The van der Waals surface area contributed by atoms with E-state index in [1.54, 1.807) is 6.92 Å². The minimum atomic E-state index is -0.548. The van der Waals surface area contributed by atoms with Crippen molar-refractivity contribution >= 4 is 29.1 Å². The van der Waals surface area contributed by atoms with E-state index in [0.29, 0.717) is 11.5 Å². The lowest BCUT2D eigenvalue weighted by molar-refractivity contribution is -0.151.